The lowest BCUT2D eigenvalue weighted by atomic mass is 10.1. The number of rotatable bonds is 7. The second-order valence-corrected chi connectivity index (χ2v) is 4.24. The topological polar surface area (TPSA) is 78.4 Å². The molecule has 0 fully saturated rings. The van der Waals surface area contributed by atoms with E-state index in [-0.39, 0.29) is 12.5 Å². The second kappa shape index (κ2) is 7.68. The van der Waals surface area contributed by atoms with Crippen LogP contribution in [0.3, 0.4) is 0 Å². The van der Waals surface area contributed by atoms with E-state index in [2.05, 4.69) is 29.4 Å². The van der Waals surface area contributed by atoms with Gasteiger partial charge in [0.15, 0.2) is 11.5 Å². The SMILES string of the molecule is CCC(CC)N(CCO)c1ccc(C(=O)NC)nn1. The molecule has 0 aromatic carbocycles. The van der Waals surface area contributed by atoms with Crippen LogP contribution in [-0.4, -0.2) is 47.5 Å². The lowest BCUT2D eigenvalue weighted by Crippen LogP contribution is -2.37. The van der Waals surface area contributed by atoms with Crippen molar-refractivity contribution in [2.45, 2.75) is 32.7 Å². The van der Waals surface area contributed by atoms with Gasteiger partial charge in [-0.05, 0) is 25.0 Å². The third kappa shape index (κ3) is 3.89. The zero-order valence-corrected chi connectivity index (χ0v) is 11.8. The Balaban J connectivity index is 2.93. The van der Waals surface area contributed by atoms with Crippen molar-refractivity contribution in [1.29, 1.82) is 0 Å². The van der Waals surface area contributed by atoms with E-state index in [0.717, 1.165) is 12.8 Å². The van der Waals surface area contributed by atoms with Crippen molar-refractivity contribution >= 4 is 11.7 Å². The van der Waals surface area contributed by atoms with Crippen molar-refractivity contribution in [2.75, 3.05) is 25.1 Å². The summed E-state index contributed by atoms with van der Waals surface area (Å²) in [6.45, 7) is 4.78. The van der Waals surface area contributed by atoms with E-state index in [4.69, 9.17) is 5.11 Å². The van der Waals surface area contributed by atoms with Gasteiger partial charge in [-0.3, -0.25) is 4.79 Å². The van der Waals surface area contributed by atoms with E-state index in [1.165, 1.54) is 0 Å². The fourth-order valence-corrected chi connectivity index (χ4v) is 2.05. The standard InChI is InChI=1S/C13H22N4O2/c1-4-10(5-2)17(8-9-18)12-7-6-11(15-16-12)13(19)14-3/h6-7,10,18H,4-5,8-9H2,1-3H3,(H,14,19). The number of nitrogens with zero attached hydrogens (tertiary/aromatic N) is 3. The van der Waals surface area contributed by atoms with Crippen LogP contribution in [0.2, 0.25) is 0 Å². The predicted molar refractivity (Wildman–Crippen MR) is 74.2 cm³/mol. The van der Waals surface area contributed by atoms with Crippen LogP contribution in [-0.2, 0) is 0 Å². The molecule has 19 heavy (non-hydrogen) atoms. The summed E-state index contributed by atoms with van der Waals surface area (Å²) >= 11 is 0. The predicted octanol–water partition coefficient (Wildman–Crippen LogP) is 0.823. The van der Waals surface area contributed by atoms with Crippen LogP contribution in [0.4, 0.5) is 5.82 Å². The third-order valence-corrected chi connectivity index (χ3v) is 3.13. The minimum absolute atomic E-state index is 0.0649. The average molecular weight is 266 g/mol. The minimum atomic E-state index is -0.254. The summed E-state index contributed by atoms with van der Waals surface area (Å²) in [7, 11) is 1.56. The zero-order chi connectivity index (χ0) is 14.3. The Hall–Kier alpha value is -1.69. The molecule has 1 aromatic heterocycles. The molecule has 106 valence electrons. The Kier molecular flexibility index (Phi) is 6.21. The summed E-state index contributed by atoms with van der Waals surface area (Å²) in [4.78, 5) is 13.4. The van der Waals surface area contributed by atoms with Gasteiger partial charge < -0.3 is 15.3 Å². The molecule has 0 unspecified atom stereocenters. The van der Waals surface area contributed by atoms with Crippen LogP contribution >= 0.6 is 0 Å². The molecule has 0 radical (unpaired) electrons. The molecule has 0 aliphatic carbocycles. The number of carbonyl (C=O) groups excluding carboxylic acids is 1. The van der Waals surface area contributed by atoms with Crippen molar-refractivity contribution in [3.05, 3.63) is 17.8 Å². The van der Waals surface area contributed by atoms with Crippen molar-refractivity contribution in [1.82, 2.24) is 15.5 Å². The highest BCUT2D eigenvalue weighted by Crippen LogP contribution is 2.17. The number of aliphatic hydroxyl groups is 1. The van der Waals surface area contributed by atoms with Gasteiger partial charge in [-0.2, -0.15) is 0 Å². The van der Waals surface area contributed by atoms with Gasteiger partial charge >= 0.3 is 0 Å². The molecule has 6 heteroatoms. The van der Waals surface area contributed by atoms with E-state index < -0.39 is 0 Å². The maximum Gasteiger partial charge on any atom is 0.271 e. The molecule has 0 atom stereocenters. The maximum absolute atomic E-state index is 11.4. The van der Waals surface area contributed by atoms with Gasteiger partial charge in [-0.15, -0.1) is 10.2 Å². The molecule has 0 saturated heterocycles. The number of hydrogen-bond donors (Lipinski definition) is 2. The summed E-state index contributed by atoms with van der Waals surface area (Å²) in [5, 5.41) is 19.7. The number of aliphatic hydroxyl groups excluding tert-OH is 1. The molecular weight excluding hydrogens is 244 g/mol. The normalized spacial score (nSPS) is 10.6. The molecule has 1 rings (SSSR count). The van der Waals surface area contributed by atoms with Crippen molar-refractivity contribution in [3.63, 3.8) is 0 Å². The Morgan fingerprint density at radius 1 is 1.37 bits per heavy atom. The van der Waals surface area contributed by atoms with E-state index in [0.29, 0.717) is 24.1 Å². The molecule has 2 N–H and O–H groups in total. The molecule has 0 spiro atoms. The third-order valence-electron chi connectivity index (χ3n) is 3.13. The van der Waals surface area contributed by atoms with Gasteiger partial charge in [0.05, 0.1) is 6.61 Å². The maximum atomic E-state index is 11.4. The lowest BCUT2D eigenvalue weighted by Gasteiger charge is -2.30. The molecule has 1 amide bonds. The molecule has 0 aliphatic rings. The molecule has 0 aliphatic heterocycles. The Morgan fingerprint density at radius 2 is 2.05 bits per heavy atom. The molecule has 0 saturated carbocycles. The van der Waals surface area contributed by atoms with Crippen LogP contribution in [0.15, 0.2) is 12.1 Å². The van der Waals surface area contributed by atoms with Crippen LogP contribution < -0.4 is 10.2 Å². The second-order valence-electron chi connectivity index (χ2n) is 4.24. The van der Waals surface area contributed by atoms with E-state index in [1.54, 1.807) is 19.2 Å². The zero-order valence-electron chi connectivity index (χ0n) is 11.8. The highest BCUT2D eigenvalue weighted by molar-refractivity contribution is 5.91. The fraction of sp³-hybridized carbons (Fsp3) is 0.615. The van der Waals surface area contributed by atoms with Crippen LogP contribution in [0.5, 0.6) is 0 Å². The number of carbonyl (C=O) groups is 1. The average Bonchev–Trinajstić information content (AvgIpc) is 2.47. The first kappa shape index (κ1) is 15.4. The Labute approximate surface area is 113 Å². The molecular formula is C13H22N4O2. The number of amides is 1. The molecule has 6 nitrogen and oxygen atoms in total. The lowest BCUT2D eigenvalue weighted by molar-refractivity contribution is 0.0957. The van der Waals surface area contributed by atoms with E-state index in [9.17, 15) is 4.79 Å². The number of nitrogens with one attached hydrogen (secondary N) is 1. The molecule has 1 aromatic rings. The Bertz CT molecular complexity index is 390. The summed E-state index contributed by atoms with van der Waals surface area (Å²) in [6, 6.07) is 3.73. The summed E-state index contributed by atoms with van der Waals surface area (Å²) in [5.74, 6) is 0.436. The van der Waals surface area contributed by atoms with Gasteiger partial charge in [0.25, 0.3) is 5.91 Å². The molecule has 0 bridgehead atoms. The van der Waals surface area contributed by atoms with Crippen LogP contribution in [0.1, 0.15) is 37.2 Å². The van der Waals surface area contributed by atoms with Gasteiger partial charge in [-0.25, -0.2) is 0 Å². The van der Waals surface area contributed by atoms with Crippen molar-refractivity contribution in [3.8, 4) is 0 Å². The summed E-state index contributed by atoms with van der Waals surface area (Å²) < 4.78 is 0. The first-order valence-electron chi connectivity index (χ1n) is 6.61. The fourth-order valence-electron chi connectivity index (χ4n) is 2.05. The first-order valence-corrected chi connectivity index (χ1v) is 6.61. The van der Waals surface area contributed by atoms with E-state index in [1.807, 2.05) is 4.90 Å². The highest BCUT2D eigenvalue weighted by atomic mass is 16.3. The van der Waals surface area contributed by atoms with E-state index >= 15 is 0 Å². The summed E-state index contributed by atoms with van der Waals surface area (Å²) in [6.07, 6.45) is 1.94. The van der Waals surface area contributed by atoms with Crippen LogP contribution in [0.25, 0.3) is 0 Å². The van der Waals surface area contributed by atoms with Crippen molar-refractivity contribution < 1.29 is 9.90 Å². The smallest absolute Gasteiger partial charge is 0.271 e. The Morgan fingerprint density at radius 3 is 2.47 bits per heavy atom. The molecule has 1 heterocycles. The van der Waals surface area contributed by atoms with Gasteiger partial charge in [0, 0.05) is 19.6 Å². The van der Waals surface area contributed by atoms with Gasteiger partial charge in [0.1, 0.15) is 0 Å². The first-order chi connectivity index (χ1) is 9.17. The van der Waals surface area contributed by atoms with Crippen molar-refractivity contribution in [2.24, 2.45) is 0 Å². The largest absolute Gasteiger partial charge is 0.395 e. The monoisotopic (exact) mass is 266 g/mol. The summed E-state index contributed by atoms with van der Waals surface area (Å²) in [5.41, 5.74) is 0.291. The number of hydrogen-bond acceptors (Lipinski definition) is 5. The number of aromatic nitrogens is 2. The minimum Gasteiger partial charge on any atom is -0.395 e. The highest BCUT2D eigenvalue weighted by Gasteiger charge is 2.17. The quantitative estimate of drug-likeness (QED) is 0.764. The van der Waals surface area contributed by atoms with Gasteiger partial charge in [0.2, 0.25) is 0 Å². The number of anilines is 1. The van der Waals surface area contributed by atoms with Crippen LogP contribution in [0, 0.1) is 0 Å². The van der Waals surface area contributed by atoms with Gasteiger partial charge in [-0.1, -0.05) is 13.8 Å².